The quantitative estimate of drug-likeness (QED) is 0.635. The number of carbonyl (C=O) groups is 1. The highest BCUT2D eigenvalue weighted by Gasteiger charge is 2.20. The predicted molar refractivity (Wildman–Crippen MR) is 126 cm³/mol. The fourth-order valence-corrected chi connectivity index (χ4v) is 4.23. The van der Waals surface area contributed by atoms with Crippen molar-refractivity contribution in [3.05, 3.63) is 40.8 Å². The van der Waals surface area contributed by atoms with Gasteiger partial charge in [0.1, 0.15) is 0 Å². The molecule has 0 spiro atoms. The first-order valence-corrected chi connectivity index (χ1v) is 10.7. The molecule has 1 aliphatic heterocycles. The van der Waals surface area contributed by atoms with Gasteiger partial charge in [-0.3, -0.25) is 9.13 Å². The molecule has 2 N–H and O–H groups in total. The Bertz CT molecular complexity index is 1210. The first-order chi connectivity index (χ1) is 15.4. The second kappa shape index (κ2) is 8.86. The summed E-state index contributed by atoms with van der Waals surface area (Å²) in [4.78, 5) is 27.6. The van der Waals surface area contributed by atoms with Crippen LogP contribution in [0.4, 0.5) is 21.9 Å². The van der Waals surface area contributed by atoms with Crippen molar-refractivity contribution in [3.8, 4) is 11.5 Å². The maximum atomic E-state index is 12.9. The molecular weight excluding hydrogens is 410 g/mol. The summed E-state index contributed by atoms with van der Waals surface area (Å²) in [5, 5.41) is 5.83. The highest BCUT2D eigenvalue weighted by molar-refractivity contribution is 6.04. The molecule has 1 aliphatic rings. The van der Waals surface area contributed by atoms with Gasteiger partial charge in [0.05, 0.1) is 36.6 Å². The van der Waals surface area contributed by atoms with E-state index in [-0.39, 0.29) is 11.7 Å². The zero-order chi connectivity index (χ0) is 22.8. The van der Waals surface area contributed by atoms with Gasteiger partial charge in [0, 0.05) is 38.9 Å². The summed E-state index contributed by atoms with van der Waals surface area (Å²) < 4.78 is 13.8. The lowest BCUT2D eigenvalue weighted by atomic mass is 10.1. The molecule has 170 valence electrons. The SMILES string of the molecule is COc1ccc(NC(=O)Nc2cc3c(cc2N2CCCCC2)n(C)c(=O)n3C)cc1OC. The number of aryl methyl sites for hydroxylation is 2. The molecule has 0 aliphatic carbocycles. The van der Waals surface area contributed by atoms with Crippen LogP contribution in [0.5, 0.6) is 11.5 Å². The number of ether oxygens (including phenoxy) is 2. The number of rotatable bonds is 5. The molecule has 1 fully saturated rings. The van der Waals surface area contributed by atoms with Crippen molar-refractivity contribution in [3.63, 3.8) is 0 Å². The summed E-state index contributed by atoms with van der Waals surface area (Å²) in [5.41, 5.74) is 3.66. The zero-order valence-corrected chi connectivity index (χ0v) is 18.9. The van der Waals surface area contributed by atoms with Crippen LogP contribution in [0, 0.1) is 0 Å². The van der Waals surface area contributed by atoms with Crippen molar-refractivity contribution in [2.75, 3.05) is 42.8 Å². The van der Waals surface area contributed by atoms with Gasteiger partial charge in [-0.2, -0.15) is 0 Å². The van der Waals surface area contributed by atoms with Crippen LogP contribution < -0.4 is 30.7 Å². The Hall–Kier alpha value is -3.62. The first kappa shape index (κ1) is 21.6. The van der Waals surface area contributed by atoms with Gasteiger partial charge in [-0.25, -0.2) is 9.59 Å². The third-order valence-corrected chi connectivity index (χ3v) is 5.98. The highest BCUT2D eigenvalue weighted by atomic mass is 16.5. The number of hydrogen-bond acceptors (Lipinski definition) is 5. The van der Waals surface area contributed by atoms with E-state index in [9.17, 15) is 9.59 Å². The Morgan fingerprint density at radius 1 is 0.875 bits per heavy atom. The minimum absolute atomic E-state index is 0.100. The number of methoxy groups -OCH3 is 2. The molecule has 0 atom stereocenters. The van der Waals surface area contributed by atoms with E-state index < -0.39 is 0 Å². The largest absolute Gasteiger partial charge is 0.493 e. The summed E-state index contributed by atoms with van der Waals surface area (Å²) in [5.74, 6) is 1.11. The normalized spacial score (nSPS) is 13.8. The van der Waals surface area contributed by atoms with Crippen LogP contribution >= 0.6 is 0 Å². The number of anilines is 3. The molecule has 2 heterocycles. The number of urea groups is 1. The molecule has 2 amide bonds. The van der Waals surface area contributed by atoms with Gasteiger partial charge in [0.25, 0.3) is 0 Å². The number of hydrogen-bond donors (Lipinski definition) is 2. The van der Waals surface area contributed by atoms with E-state index in [4.69, 9.17) is 9.47 Å². The van der Waals surface area contributed by atoms with E-state index in [2.05, 4.69) is 15.5 Å². The second-order valence-electron chi connectivity index (χ2n) is 7.96. The van der Waals surface area contributed by atoms with E-state index in [1.54, 1.807) is 55.6 Å². The lowest BCUT2D eigenvalue weighted by Crippen LogP contribution is -2.31. The number of piperidine rings is 1. The Labute approximate surface area is 186 Å². The monoisotopic (exact) mass is 439 g/mol. The van der Waals surface area contributed by atoms with Crippen molar-refractivity contribution < 1.29 is 14.3 Å². The number of fused-ring (bicyclic) bond motifs is 1. The molecular formula is C23H29N5O4. The molecule has 0 radical (unpaired) electrons. The lowest BCUT2D eigenvalue weighted by Gasteiger charge is -2.30. The van der Waals surface area contributed by atoms with E-state index in [0.29, 0.717) is 22.9 Å². The van der Waals surface area contributed by atoms with Crippen LogP contribution in [0.25, 0.3) is 11.0 Å². The van der Waals surface area contributed by atoms with Gasteiger partial charge in [0.15, 0.2) is 11.5 Å². The number of benzene rings is 2. The van der Waals surface area contributed by atoms with E-state index in [1.165, 1.54) is 6.42 Å². The molecule has 0 saturated carbocycles. The van der Waals surface area contributed by atoms with Crippen molar-refractivity contribution in [1.82, 2.24) is 9.13 Å². The number of amides is 2. The van der Waals surface area contributed by atoms with Gasteiger partial charge in [-0.15, -0.1) is 0 Å². The molecule has 0 unspecified atom stereocenters. The van der Waals surface area contributed by atoms with E-state index >= 15 is 0 Å². The lowest BCUT2D eigenvalue weighted by molar-refractivity contribution is 0.262. The first-order valence-electron chi connectivity index (χ1n) is 10.7. The smallest absolute Gasteiger partial charge is 0.328 e. The van der Waals surface area contributed by atoms with Crippen LogP contribution in [0.15, 0.2) is 35.1 Å². The third-order valence-electron chi connectivity index (χ3n) is 5.98. The number of aromatic nitrogens is 2. The number of nitrogens with zero attached hydrogens (tertiary/aromatic N) is 3. The summed E-state index contributed by atoms with van der Waals surface area (Å²) in [6, 6.07) is 8.67. The van der Waals surface area contributed by atoms with Crippen LogP contribution in [0.3, 0.4) is 0 Å². The maximum absolute atomic E-state index is 12.9. The minimum atomic E-state index is -0.379. The zero-order valence-electron chi connectivity index (χ0n) is 18.9. The highest BCUT2D eigenvalue weighted by Crippen LogP contribution is 2.33. The molecule has 1 aromatic heterocycles. The van der Waals surface area contributed by atoms with Crippen LogP contribution in [-0.2, 0) is 14.1 Å². The van der Waals surface area contributed by atoms with Crippen LogP contribution in [0.2, 0.25) is 0 Å². The molecule has 3 aromatic rings. The van der Waals surface area contributed by atoms with E-state index in [1.807, 2.05) is 12.1 Å². The molecule has 4 rings (SSSR count). The molecule has 2 aromatic carbocycles. The number of imidazole rings is 1. The summed E-state index contributed by atoms with van der Waals surface area (Å²) in [6.07, 6.45) is 3.40. The Balaban J connectivity index is 1.67. The van der Waals surface area contributed by atoms with E-state index in [0.717, 1.165) is 42.7 Å². The predicted octanol–water partition coefficient (Wildman–Crippen LogP) is 3.53. The van der Waals surface area contributed by atoms with Gasteiger partial charge >= 0.3 is 11.7 Å². The molecule has 0 bridgehead atoms. The van der Waals surface area contributed by atoms with Crippen molar-refractivity contribution in [1.29, 1.82) is 0 Å². The standard InChI is InChI=1S/C23H29N5O4/c1-26-18-13-16(25-22(29)24-15-8-9-20(31-3)21(12-15)32-4)17(28-10-6-5-7-11-28)14-19(18)27(2)23(26)30/h8-9,12-14H,5-7,10-11H2,1-4H3,(H2,24,25,29). The van der Waals surface area contributed by atoms with Crippen molar-refractivity contribution in [2.45, 2.75) is 19.3 Å². The average Bonchev–Trinajstić information content (AvgIpc) is 3.02. The summed E-state index contributed by atoms with van der Waals surface area (Å²) >= 11 is 0. The van der Waals surface area contributed by atoms with Crippen LogP contribution in [0.1, 0.15) is 19.3 Å². The number of nitrogens with one attached hydrogen (secondary N) is 2. The molecule has 9 nitrogen and oxygen atoms in total. The molecule has 32 heavy (non-hydrogen) atoms. The van der Waals surface area contributed by atoms with Crippen molar-refractivity contribution in [2.24, 2.45) is 14.1 Å². The molecule has 1 saturated heterocycles. The van der Waals surface area contributed by atoms with Gasteiger partial charge in [0.2, 0.25) is 0 Å². The van der Waals surface area contributed by atoms with Crippen LogP contribution in [-0.4, -0.2) is 42.5 Å². The third kappa shape index (κ3) is 3.98. The topological polar surface area (TPSA) is 89.8 Å². The van der Waals surface area contributed by atoms with Crippen molar-refractivity contribution >= 4 is 34.1 Å². The Morgan fingerprint density at radius 3 is 2.19 bits per heavy atom. The summed E-state index contributed by atoms with van der Waals surface area (Å²) in [7, 11) is 6.61. The fraction of sp³-hybridized carbons (Fsp3) is 0.391. The number of carbonyl (C=O) groups excluding carboxylic acids is 1. The summed E-state index contributed by atoms with van der Waals surface area (Å²) in [6.45, 7) is 1.83. The second-order valence-corrected chi connectivity index (χ2v) is 7.96. The Kier molecular flexibility index (Phi) is 5.98. The minimum Gasteiger partial charge on any atom is -0.493 e. The Morgan fingerprint density at radius 2 is 1.53 bits per heavy atom. The van der Waals surface area contributed by atoms with Gasteiger partial charge in [-0.05, 0) is 43.5 Å². The van der Waals surface area contributed by atoms with Gasteiger partial charge in [-0.1, -0.05) is 0 Å². The van der Waals surface area contributed by atoms with Gasteiger partial charge < -0.3 is 25.0 Å². The molecule has 9 heteroatoms. The average molecular weight is 440 g/mol. The fourth-order valence-electron chi connectivity index (χ4n) is 4.23. The maximum Gasteiger partial charge on any atom is 0.328 e.